The second-order valence-electron chi connectivity index (χ2n) is 1.93. The second-order valence-corrected chi connectivity index (χ2v) is 1.93. The molecule has 0 saturated heterocycles. The quantitative estimate of drug-likeness (QED) is 0.545. The van der Waals surface area contributed by atoms with E-state index >= 15 is 0 Å². The molecule has 1 radical (unpaired) electrons. The molecule has 0 aromatic heterocycles. The van der Waals surface area contributed by atoms with Crippen LogP contribution in [-0.2, 0) is 4.79 Å². The van der Waals surface area contributed by atoms with Crippen molar-refractivity contribution in [3.8, 4) is 0 Å². The van der Waals surface area contributed by atoms with Gasteiger partial charge in [-0.25, -0.2) is 8.78 Å². The van der Waals surface area contributed by atoms with Crippen molar-refractivity contribution >= 4 is 6.29 Å². The van der Waals surface area contributed by atoms with Gasteiger partial charge in [0.05, 0.1) is 5.41 Å². The number of rotatable bonds is 3. The van der Waals surface area contributed by atoms with E-state index in [1.54, 1.807) is 0 Å². The summed E-state index contributed by atoms with van der Waals surface area (Å²) in [6, 6.07) is 0. The van der Waals surface area contributed by atoms with Crippen LogP contribution in [0, 0.1) is 5.41 Å². The molecule has 0 amide bonds. The highest BCUT2D eigenvalue weighted by molar-refractivity contribution is 5.59. The van der Waals surface area contributed by atoms with Crippen LogP contribution in [0.4, 0.5) is 8.78 Å². The predicted octanol–water partition coefficient (Wildman–Crippen LogP) is 1.04. The largest absolute Gasteiger partial charge is 0.290 e. The number of halogens is 2. The molecule has 47 valence electrons. The predicted molar refractivity (Wildman–Crippen MR) is 25.8 cm³/mol. The molecule has 0 rings (SSSR count). The third kappa shape index (κ3) is 1.56. The van der Waals surface area contributed by atoms with E-state index in [4.69, 9.17) is 0 Å². The summed E-state index contributed by atoms with van der Waals surface area (Å²) in [5, 5.41) is 0. The van der Waals surface area contributed by atoms with Gasteiger partial charge in [0.2, 0.25) is 6.29 Å². The molecule has 0 bridgehead atoms. The van der Waals surface area contributed by atoms with E-state index in [-0.39, 0.29) is 0 Å². The fourth-order valence-corrected chi connectivity index (χ4v) is 0.0903. The normalized spacial score (nSPS) is 11.4. The molecule has 0 saturated carbocycles. The maximum atomic E-state index is 11.5. The van der Waals surface area contributed by atoms with E-state index in [1.165, 1.54) is 13.2 Å². The van der Waals surface area contributed by atoms with E-state index in [2.05, 4.69) is 0 Å². The van der Waals surface area contributed by atoms with Gasteiger partial charge in [0, 0.05) is 0 Å². The summed E-state index contributed by atoms with van der Waals surface area (Å²) in [4.78, 5) is 9.68. The second kappa shape index (κ2) is 2.74. The Morgan fingerprint density at radius 2 is 1.88 bits per heavy atom. The molecule has 0 N–H and O–H groups in total. The number of hydrogen-bond acceptors (Lipinski definition) is 1. The summed E-state index contributed by atoms with van der Waals surface area (Å²) in [7, 11) is 0. The zero-order valence-electron chi connectivity index (χ0n) is 4.58. The Morgan fingerprint density at radius 3 is 1.88 bits per heavy atom. The molecule has 0 fully saturated rings. The topological polar surface area (TPSA) is 17.1 Å². The highest BCUT2D eigenvalue weighted by Crippen LogP contribution is 2.12. The molecule has 0 aromatic rings. The lowest BCUT2D eigenvalue weighted by molar-refractivity contribution is 0.243. The molecule has 0 aliphatic carbocycles. The molecule has 0 aliphatic rings. The van der Waals surface area contributed by atoms with Gasteiger partial charge in [0.25, 0.3) is 0 Å². The molecule has 3 heteroatoms. The van der Waals surface area contributed by atoms with Crippen molar-refractivity contribution in [1.29, 1.82) is 0 Å². The zero-order chi connectivity index (χ0) is 6.62. The molecule has 0 aromatic carbocycles. The molecule has 0 spiro atoms. The Labute approximate surface area is 46.7 Å². The van der Waals surface area contributed by atoms with Crippen LogP contribution < -0.4 is 0 Å². The summed E-state index contributed by atoms with van der Waals surface area (Å²) >= 11 is 0. The standard InChI is InChI=1S/C5H7F2O/c1-5(2-6,3-7)4-8/h2-3H2,1H3. The van der Waals surface area contributed by atoms with E-state index in [9.17, 15) is 13.6 Å². The molecular formula is C5H7F2O. The molecule has 0 aliphatic heterocycles. The monoisotopic (exact) mass is 121 g/mol. The van der Waals surface area contributed by atoms with E-state index in [1.807, 2.05) is 0 Å². The van der Waals surface area contributed by atoms with E-state index in [0.29, 0.717) is 0 Å². The maximum absolute atomic E-state index is 11.5. The van der Waals surface area contributed by atoms with Gasteiger partial charge in [-0.15, -0.1) is 0 Å². The summed E-state index contributed by atoms with van der Waals surface area (Å²) < 4.78 is 23.1. The zero-order valence-corrected chi connectivity index (χ0v) is 4.58. The lowest BCUT2D eigenvalue weighted by atomic mass is 9.97. The first-order valence-electron chi connectivity index (χ1n) is 2.20. The molecule has 0 unspecified atom stereocenters. The van der Waals surface area contributed by atoms with Gasteiger partial charge >= 0.3 is 0 Å². The Morgan fingerprint density at radius 1 is 1.50 bits per heavy atom. The van der Waals surface area contributed by atoms with Crippen molar-refractivity contribution in [2.75, 3.05) is 13.3 Å². The van der Waals surface area contributed by atoms with Gasteiger partial charge in [-0.05, 0) is 6.92 Å². The minimum absolute atomic E-state index is 0.979. The summed E-state index contributed by atoms with van der Waals surface area (Å²) in [6.45, 7) is -0.778. The summed E-state index contributed by atoms with van der Waals surface area (Å²) in [6.07, 6.45) is 1.28. The van der Waals surface area contributed by atoms with Crippen molar-refractivity contribution in [2.45, 2.75) is 6.92 Å². The minimum Gasteiger partial charge on any atom is -0.290 e. The maximum Gasteiger partial charge on any atom is 0.210 e. The smallest absolute Gasteiger partial charge is 0.210 e. The fourth-order valence-electron chi connectivity index (χ4n) is 0.0903. The molecule has 1 nitrogen and oxygen atoms in total. The first kappa shape index (κ1) is 7.53. The first-order valence-corrected chi connectivity index (χ1v) is 2.20. The summed E-state index contributed by atoms with van der Waals surface area (Å²) in [5.41, 5.74) is -1.51. The van der Waals surface area contributed by atoms with Crippen molar-refractivity contribution in [1.82, 2.24) is 0 Å². The third-order valence-electron chi connectivity index (χ3n) is 0.836. The Balaban J connectivity index is 3.76. The summed E-state index contributed by atoms with van der Waals surface area (Å²) in [5.74, 6) is 0. The van der Waals surface area contributed by atoms with Crippen molar-refractivity contribution in [2.24, 2.45) is 5.41 Å². The fraction of sp³-hybridized carbons (Fsp3) is 0.800. The highest BCUT2D eigenvalue weighted by atomic mass is 19.1. The lowest BCUT2D eigenvalue weighted by Crippen LogP contribution is -2.22. The Hall–Kier alpha value is -0.470. The lowest BCUT2D eigenvalue weighted by Gasteiger charge is -2.09. The van der Waals surface area contributed by atoms with Crippen LogP contribution >= 0.6 is 0 Å². The number of hydrogen-bond donors (Lipinski definition) is 0. The molecule has 0 atom stereocenters. The van der Waals surface area contributed by atoms with Gasteiger partial charge in [0.1, 0.15) is 13.3 Å². The van der Waals surface area contributed by atoms with E-state index in [0.717, 1.165) is 0 Å². The van der Waals surface area contributed by atoms with Gasteiger partial charge in [0.15, 0.2) is 0 Å². The molecule has 8 heavy (non-hydrogen) atoms. The van der Waals surface area contributed by atoms with Crippen molar-refractivity contribution < 1.29 is 13.6 Å². The first-order chi connectivity index (χ1) is 3.68. The van der Waals surface area contributed by atoms with Crippen LogP contribution in [0.2, 0.25) is 0 Å². The Bertz CT molecular complexity index is 78.5. The van der Waals surface area contributed by atoms with Crippen LogP contribution in [0.1, 0.15) is 6.92 Å². The number of carbonyl (C=O) groups excluding carboxylic acids is 1. The SMILES string of the molecule is CC([C]=O)(CF)CF. The van der Waals surface area contributed by atoms with Crippen molar-refractivity contribution in [3.05, 3.63) is 0 Å². The third-order valence-corrected chi connectivity index (χ3v) is 0.836. The minimum atomic E-state index is -1.51. The molecular weight excluding hydrogens is 114 g/mol. The van der Waals surface area contributed by atoms with Gasteiger partial charge < -0.3 is 0 Å². The average Bonchev–Trinajstić information content (AvgIpc) is 1.87. The van der Waals surface area contributed by atoms with Gasteiger partial charge in [-0.3, -0.25) is 4.79 Å². The van der Waals surface area contributed by atoms with Crippen molar-refractivity contribution in [3.63, 3.8) is 0 Å². The molecule has 0 heterocycles. The van der Waals surface area contributed by atoms with E-state index < -0.39 is 18.8 Å². The highest BCUT2D eigenvalue weighted by Gasteiger charge is 2.24. The van der Waals surface area contributed by atoms with Gasteiger partial charge in [-0.1, -0.05) is 0 Å². The average molecular weight is 121 g/mol. The van der Waals surface area contributed by atoms with Crippen LogP contribution in [0.3, 0.4) is 0 Å². The van der Waals surface area contributed by atoms with Crippen LogP contribution in [0.15, 0.2) is 0 Å². The number of alkyl halides is 2. The van der Waals surface area contributed by atoms with Crippen LogP contribution in [-0.4, -0.2) is 19.6 Å². The Kier molecular flexibility index (Phi) is 2.58. The van der Waals surface area contributed by atoms with Crippen LogP contribution in [0.25, 0.3) is 0 Å². The van der Waals surface area contributed by atoms with Gasteiger partial charge in [-0.2, -0.15) is 0 Å². The van der Waals surface area contributed by atoms with Crippen LogP contribution in [0.5, 0.6) is 0 Å².